The van der Waals surface area contributed by atoms with Crippen molar-refractivity contribution >= 4 is 29.2 Å². The summed E-state index contributed by atoms with van der Waals surface area (Å²) >= 11 is 6.13. The highest BCUT2D eigenvalue weighted by Crippen LogP contribution is 2.34. The minimum atomic E-state index is -2.72. The molecular formula is C24H27ClFN5O4. The number of aromatic nitrogens is 2. The van der Waals surface area contributed by atoms with Crippen LogP contribution in [0.4, 0.5) is 4.39 Å². The predicted octanol–water partition coefficient (Wildman–Crippen LogP) is 2.75. The van der Waals surface area contributed by atoms with E-state index < -0.39 is 46.2 Å². The van der Waals surface area contributed by atoms with Gasteiger partial charge in [0, 0.05) is 18.0 Å². The molecule has 1 saturated heterocycles. The number of aromatic amines is 1. The molecule has 1 aliphatic heterocycles. The molecule has 3 rings (SSSR count). The Morgan fingerprint density at radius 2 is 2.06 bits per heavy atom. The topological polar surface area (TPSA) is 148 Å². The quantitative estimate of drug-likeness (QED) is 0.321. The third kappa shape index (κ3) is 5.69. The Morgan fingerprint density at radius 3 is 2.63 bits per heavy atom. The van der Waals surface area contributed by atoms with Gasteiger partial charge in [-0.2, -0.15) is 10.4 Å². The van der Waals surface area contributed by atoms with Crippen LogP contribution in [0.1, 0.15) is 50.5 Å². The van der Waals surface area contributed by atoms with Crippen molar-refractivity contribution in [1.29, 1.82) is 5.26 Å². The fourth-order valence-electron chi connectivity index (χ4n) is 4.12. The molecule has 1 aromatic heterocycles. The van der Waals surface area contributed by atoms with Gasteiger partial charge in [0.05, 0.1) is 11.1 Å². The van der Waals surface area contributed by atoms with Gasteiger partial charge in [-0.3, -0.25) is 19.5 Å². The lowest BCUT2D eigenvalue weighted by Gasteiger charge is -2.32. The van der Waals surface area contributed by atoms with E-state index in [2.05, 4.69) is 20.8 Å². The summed E-state index contributed by atoms with van der Waals surface area (Å²) in [6.07, 6.45) is 0.142. The Bertz CT molecular complexity index is 1190. The highest BCUT2D eigenvalue weighted by Gasteiger charge is 2.49. The molecular weight excluding hydrogens is 477 g/mol. The van der Waals surface area contributed by atoms with Crippen molar-refractivity contribution in [3.8, 4) is 17.3 Å². The summed E-state index contributed by atoms with van der Waals surface area (Å²) in [6.45, 7) is 5.55. The molecule has 2 amide bonds. The van der Waals surface area contributed by atoms with Crippen molar-refractivity contribution in [3.63, 3.8) is 0 Å². The number of aliphatic hydroxyl groups is 1. The van der Waals surface area contributed by atoms with Gasteiger partial charge in [-0.05, 0) is 30.7 Å². The molecule has 35 heavy (non-hydrogen) atoms. The van der Waals surface area contributed by atoms with Gasteiger partial charge in [0.25, 0.3) is 5.91 Å². The van der Waals surface area contributed by atoms with Crippen molar-refractivity contribution < 1.29 is 23.9 Å². The Morgan fingerprint density at radius 1 is 1.37 bits per heavy atom. The number of Topliss-reactive ketones (excluding diaryl/α,β-unsaturated/α-hetero) is 1. The largest absolute Gasteiger partial charge is 0.373 e. The second-order valence-electron chi connectivity index (χ2n) is 9.84. The molecule has 0 aliphatic carbocycles. The van der Waals surface area contributed by atoms with Gasteiger partial charge in [0.1, 0.15) is 11.7 Å². The molecule has 2 heterocycles. The molecule has 0 spiro atoms. The fraction of sp³-hybridized carbons (Fsp3) is 0.458. The lowest BCUT2D eigenvalue weighted by molar-refractivity contribution is -0.138. The number of halogens is 2. The number of nitrogens with zero attached hydrogens (tertiary/aromatic N) is 2. The summed E-state index contributed by atoms with van der Waals surface area (Å²) in [7, 11) is 0. The van der Waals surface area contributed by atoms with E-state index in [1.165, 1.54) is 12.1 Å². The summed E-state index contributed by atoms with van der Waals surface area (Å²) in [4.78, 5) is 38.5. The molecule has 0 unspecified atom stereocenters. The number of nitriles is 1. The van der Waals surface area contributed by atoms with Crippen molar-refractivity contribution in [2.75, 3.05) is 6.54 Å². The molecule has 2 aromatic rings. The molecule has 0 bridgehead atoms. The van der Waals surface area contributed by atoms with Crippen LogP contribution >= 0.6 is 11.6 Å². The van der Waals surface area contributed by atoms with E-state index in [1.807, 2.05) is 6.07 Å². The van der Waals surface area contributed by atoms with Crippen molar-refractivity contribution in [2.24, 2.45) is 11.3 Å². The van der Waals surface area contributed by atoms with Crippen LogP contribution < -0.4 is 10.6 Å². The molecule has 11 heteroatoms. The van der Waals surface area contributed by atoms with Crippen LogP contribution in [-0.4, -0.2) is 51.1 Å². The first-order chi connectivity index (χ1) is 16.4. The summed E-state index contributed by atoms with van der Waals surface area (Å²) < 4.78 is 15.3. The number of nitrogens with one attached hydrogen (secondary N) is 3. The van der Waals surface area contributed by atoms with Gasteiger partial charge >= 0.3 is 0 Å². The predicted molar refractivity (Wildman–Crippen MR) is 126 cm³/mol. The summed E-state index contributed by atoms with van der Waals surface area (Å²) in [5.74, 6) is -4.20. The standard InChI is InChI=1S/C24H27ClFN5O4/c1-23(2,3)12-24(35,22(34)29-14(11-27)10-13-8-9-28-21(13)33)20(32)19-17(26)18(30-31-19)15-6-4-5-7-16(15)25/h4-7,13-14,35H,8-10,12H2,1-3H3,(H,28,33)(H,29,34)(H,30,31)/t13-,14-,24+/m0/s1. The highest BCUT2D eigenvalue weighted by molar-refractivity contribution is 6.33. The maximum atomic E-state index is 15.3. The van der Waals surface area contributed by atoms with Crippen molar-refractivity contribution in [1.82, 2.24) is 20.8 Å². The molecule has 1 aliphatic rings. The van der Waals surface area contributed by atoms with Gasteiger partial charge in [-0.1, -0.05) is 50.6 Å². The number of rotatable bonds is 8. The van der Waals surface area contributed by atoms with Gasteiger partial charge < -0.3 is 15.7 Å². The SMILES string of the molecule is CC(C)(C)C[C@](O)(C(=O)N[C@H](C#N)C[C@@H]1CCNC1=O)C(=O)c1n[nH]c(-c2ccccc2Cl)c1F. The van der Waals surface area contributed by atoms with E-state index in [1.54, 1.807) is 32.9 Å². The number of hydrogen-bond donors (Lipinski definition) is 4. The molecule has 1 fully saturated rings. The zero-order chi connectivity index (χ0) is 26.0. The minimum absolute atomic E-state index is 0.0152. The molecule has 3 atom stereocenters. The number of amides is 2. The van der Waals surface area contributed by atoms with Crippen LogP contribution in [-0.2, 0) is 9.59 Å². The first kappa shape index (κ1) is 26.3. The average Bonchev–Trinajstić information content (AvgIpc) is 3.36. The van der Waals surface area contributed by atoms with E-state index >= 15 is 4.39 Å². The summed E-state index contributed by atoms with van der Waals surface area (Å²) in [5.41, 5.74) is -4.14. The minimum Gasteiger partial charge on any atom is -0.373 e. The maximum absolute atomic E-state index is 15.3. The number of benzene rings is 1. The monoisotopic (exact) mass is 503 g/mol. The molecule has 0 saturated carbocycles. The smallest absolute Gasteiger partial charge is 0.261 e. The second-order valence-corrected chi connectivity index (χ2v) is 10.2. The molecule has 186 valence electrons. The third-order valence-corrected chi connectivity index (χ3v) is 6.08. The first-order valence-corrected chi connectivity index (χ1v) is 11.5. The van der Waals surface area contributed by atoms with Crippen LogP contribution in [0.3, 0.4) is 0 Å². The lowest BCUT2D eigenvalue weighted by Crippen LogP contribution is -2.57. The van der Waals surface area contributed by atoms with Gasteiger partial charge in [-0.25, -0.2) is 4.39 Å². The summed E-state index contributed by atoms with van der Waals surface area (Å²) in [5, 5.41) is 32.3. The van der Waals surface area contributed by atoms with Crippen LogP contribution in [0.5, 0.6) is 0 Å². The molecule has 9 nitrogen and oxygen atoms in total. The zero-order valence-corrected chi connectivity index (χ0v) is 20.4. The van der Waals surface area contributed by atoms with E-state index in [-0.39, 0.29) is 35.0 Å². The average molecular weight is 504 g/mol. The lowest BCUT2D eigenvalue weighted by atomic mass is 9.78. The van der Waals surface area contributed by atoms with Crippen molar-refractivity contribution in [2.45, 2.75) is 51.7 Å². The number of hydrogen-bond acceptors (Lipinski definition) is 6. The van der Waals surface area contributed by atoms with E-state index in [4.69, 9.17) is 11.6 Å². The Labute approximate surface area is 207 Å². The van der Waals surface area contributed by atoms with Crippen molar-refractivity contribution in [3.05, 3.63) is 40.8 Å². The zero-order valence-electron chi connectivity index (χ0n) is 19.6. The van der Waals surface area contributed by atoms with Crippen LogP contribution in [0.15, 0.2) is 24.3 Å². The maximum Gasteiger partial charge on any atom is 0.261 e. The Kier molecular flexibility index (Phi) is 7.62. The first-order valence-electron chi connectivity index (χ1n) is 11.1. The van der Waals surface area contributed by atoms with Crippen LogP contribution in [0.2, 0.25) is 5.02 Å². The van der Waals surface area contributed by atoms with Gasteiger partial charge in [-0.15, -0.1) is 0 Å². The third-order valence-electron chi connectivity index (χ3n) is 5.75. The fourth-order valence-corrected chi connectivity index (χ4v) is 4.35. The van der Waals surface area contributed by atoms with Crippen LogP contribution in [0.25, 0.3) is 11.3 Å². The van der Waals surface area contributed by atoms with E-state index in [0.717, 1.165) is 0 Å². The molecule has 0 radical (unpaired) electrons. The molecule has 4 N–H and O–H groups in total. The van der Waals surface area contributed by atoms with E-state index in [9.17, 15) is 24.8 Å². The number of ketones is 1. The summed E-state index contributed by atoms with van der Waals surface area (Å²) in [6, 6.07) is 7.09. The second kappa shape index (κ2) is 10.1. The Balaban J connectivity index is 1.92. The number of carbonyl (C=O) groups is 3. The number of H-pyrrole nitrogens is 1. The van der Waals surface area contributed by atoms with Gasteiger partial charge in [0.2, 0.25) is 17.3 Å². The van der Waals surface area contributed by atoms with Crippen LogP contribution in [0, 0.1) is 28.5 Å². The van der Waals surface area contributed by atoms with E-state index in [0.29, 0.717) is 13.0 Å². The Hall–Kier alpha value is -3.29. The van der Waals surface area contributed by atoms with Gasteiger partial charge in [0.15, 0.2) is 11.5 Å². The normalized spacial score (nSPS) is 18.3. The highest BCUT2D eigenvalue weighted by atomic mass is 35.5. The molecule has 1 aromatic carbocycles. The number of carbonyl (C=O) groups excluding carboxylic acids is 3.